The van der Waals surface area contributed by atoms with Crippen molar-refractivity contribution in [3.63, 3.8) is 0 Å². The number of methoxy groups -OCH3 is 2. The third-order valence-electron chi connectivity index (χ3n) is 5.35. The summed E-state index contributed by atoms with van der Waals surface area (Å²) in [6.07, 6.45) is 2.00. The number of aryl methyl sites for hydroxylation is 1. The predicted molar refractivity (Wildman–Crippen MR) is 111 cm³/mol. The molecule has 3 aromatic rings. The Labute approximate surface area is 171 Å². The van der Waals surface area contributed by atoms with Crippen molar-refractivity contribution in [1.29, 1.82) is 0 Å². The van der Waals surface area contributed by atoms with Crippen LogP contribution in [0.3, 0.4) is 0 Å². The van der Waals surface area contributed by atoms with Gasteiger partial charge in [-0.15, -0.1) is 0 Å². The number of rotatable bonds is 5. The summed E-state index contributed by atoms with van der Waals surface area (Å²) in [4.78, 5) is 0.187. The van der Waals surface area contributed by atoms with E-state index in [1.165, 1.54) is 20.3 Å². The lowest BCUT2D eigenvalue weighted by Crippen LogP contribution is -2.42. The highest BCUT2D eigenvalue weighted by Crippen LogP contribution is 2.38. The fraction of sp³-hybridized carbons (Fsp3) is 0.273. The van der Waals surface area contributed by atoms with Gasteiger partial charge in [-0.05, 0) is 36.8 Å². The van der Waals surface area contributed by atoms with Crippen LogP contribution in [0.5, 0.6) is 11.5 Å². The molecular weight excluding hydrogens is 388 g/mol. The number of aromatic nitrogens is 1. The first-order valence-electron chi connectivity index (χ1n) is 9.41. The van der Waals surface area contributed by atoms with Gasteiger partial charge in [0.15, 0.2) is 11.5 Å². The highest BCUT2D eigenvalue weighted by atomic mass is 32.2. The van der Waals surface area contributed by atoms with E-state index in [2.05, 4.69) is 4.57 Å². The maximum absolute atomic E-state index is 13.7. The van der Waals surface area contributed by atoms with Gasteiger partial charge in [-0.2, -0.15) is 4.31 Å². The smallest absolute Gasteiger partial charge is 0.244 e. The first kappa shape index (κ1) is 19.5. The molecule has 2 heterocycles. The molecule has 0 fully saturated rings. The quantitative estimate of drug-likeness (QED) is 0.642. The Morgan fingerprint density at radius 1 is 0.931 bits per heavy atom. The van der Waals surface area contributed by atoms with E-state index >= 15 is 0 Å². The highest BCUT2D eigenvalue weighted by Gasteiger charge is 2.37. The van der Waals surface area contributed by atoms with Crippen LogP contribution in [0.2, 0.25) is 0 Å². The molecule has 29 heavy (non-hydrogen) atoms. The van der Waals surface area contributed by atoms with E-state index in [-0.39, 0.29) is 4.90 Å². The van der Waals surface area contributed by atoms with Crippen LogP contribution in [0, 0.1) is 6.92 Å². The number of hydrogen-bond donors (Lipinski definition) is 0. The Morgan fingerprint density at radius 2 is 1.66 bits per heavy atom. The van der Waals surface area contributed by atoms with Gasteiger partial charge in [-0.1, -0.05) is 29.8 Å². The van der Waals surface area contributed by atoms with Gasteiger partial charge < -0.3 is 14.0 Å². The van der Waals surface area contributed by atoms with Gasteiger partial charge in [0.25, 0.3) is 0 Å². The molecule has 1 unspecified atom stereocenters. The highest BCUT2D eigenvalue weighted by molar-refractivity contribution is 7.89. The molecule has 1 aliphatic rings. The van der Waals surface area contributed by atoms with Gasteiger partial charge in [0, 0.05) is 31.0 Å². The number of sulfonamides is 1. The molecular formula is C22H24N2O4S. The molecule has 0 radical (unpaired) electrons. The molecule has 0 saturated heterocycles. The fourth-order valence-electron chi connectivity index (χ4n) is 3.82. The van der Waals surface area contributed by atoms with Crippen LogP contribution in [-0.4, -0.2) is 38.1 Å². The maximum atomic E-state index is 13.7. The first-order chi connectivity index (χ1) is 14.0. The van der Waals surface area contributed by atoms with Crippen LogP contribution >= 0.6 is 0 Å². The number of benzene rings is 2. The third-order valence-corrected chi connectivity index (χ3v) is 7.21. The van der Waals surface area contributed by atoms with E-state index in [1.54, 1.807) is 16.4 Å². The lowest BCUT2D eigenvalue weighted by molar-refractivity contribution is 0.298. The molecule has 1 aromatic heterocycles. The molecule has 0 amide bonds. The molecule has 0 saturated carbocycles. The largest absolute Gasteiger partial charge is 0.493 e. The minimum absolute atomic E-state index is 0.187. The van der Waals surface area contributed by atoms with Crippen LogP contribution in [0.4, 0.5) is 0 Å². The van der Waals surface area contributed by atoms with E-state index < -0.39 is 16.1 Å². The van der Waals surface area contributed by atoms with Gasteiger partial charge >= 0.3 is 0 Å². The van der Waals surface area contributed by atoms with Gasteiger partial charge in [0.05, 0.1) is 25.2 Å². The normalized spacial score (nSPS) is 17.0. The molecule has 2 aromatic carbocycles. The number of fused-ring (bicyclic) bond motifs is 1. The van der Waals surface area contributed by atoms with E-state index in [0.29, 0.717) is 24.6 Å². The zero-order valence-electron chi connectivity index (χ0n) is 16.7. The Morgan fingerprint density at radius 3 is 2.34 bits per heavy atom. The molecule has 0 spiro atoms. The van der Waals surface area contributed by atoms with Crippen LogP contribution < -0.4 is 9.47 Å². The van der Waals surface area contributed by atoms with Crippen LogP contribution in [0.25, 0.3) is 0 Å². The molecule has 0 aliphatic carbocycles. The van der Waals surface area contributed by atoms with Crippen LogP contribution in [0.1, 0.15) is 22.9 Å². The molecule has 1 aliphatic heterocycles. The summed E-state index contributed by atoms with van der Waals surface area (Å²) < 4.78 is 41.6. The predicted octanol–water partition coefficient (Wildman–Crippen LogP) is 3.61. The number of nitrogens with zero attached hydrogens (tertiary/aromatic N) is 2. The molecule has 7 heteroatoms. The summed E-state index contributed by atoms with van der Waals surface area (Å²) in [5, 5.41) is 0. The third kappa shape index (κ3) is 3.41. The van der Waals surface area contributed by atoms with Crippen molar-refractivity contribution >= 4 is 10.0 Å². The molecule has 0 N–H and O–H groups in total. The lowest BCUT2D eigenvalue weighted by Gasteiger charge is -2.36. The summed E-state index contributed by atoms with van der Waals surface area (Å²) in [6, 6.07) is 16.3. The van der Waals surface area contributed by atoms with E-state index in [9.17, 15) is 8.42 Å². The summed E-state index contributed by atoms with van der Waals surface area (Å²) in [7, 11) is -0.740. The number of ether oxygens (including phenoxy) is 2. The van der Waals surface area contributed by atoms with Gasteiger partial charge in [0.1, 0.15) is 0 Å². The first-order valence-corrected chi connectivity index (χ1v) is 10.8. The lowest BCUT2D eigenvalue weighted by atomic mass is 10.0. The summed E-state index contributed by atoms with van der Waals surface area (Å²) >= 11 is 0. The van der Waals surface area contributed by atoms with Crippen molar-refractivity contribution in [2.75, 3.05) is 20.8 Å². The van der Waals surface area contributed by atoms with Crippen LogP contribution in [-0.2, 0) is 16.6 Å². The fourth-order valence-corrected chi connectivity index (χ4v) is 5.42. The zero-order valence-corrected chi connectivity index (χ0v) is 17.5. The zero-order chi connectivity index (χ0) is 20.6. The second kappa shape index (κ2) is 7.57. The van der Waals surface area contributed by atoms with Crippen molar-refractivity contribution in [2.24, 2.45) is 0 Å². The topological polar surface area (TPSA) is 60.8 Å². The Bertz CT molecular complexity index is 1120. The molecule has 0 bridgehead atoms. The number of hydrogen-bond acceptors (Lipinski definition) is 4. The summed E-state index contributed by atoms with van der Waals surface area (Å²) in [5.41, 5.74) is 3.04. The molecule has 6 nitrogen and oxygen atoms in total. The molecule has 152 valence electrons. The minimum atomic E-state index is -3.76. The minimum Gasteiger partial charge on any atom is -0.493 e. The van der Waals surface area contributed by atoms with Crippen molar-refractivity contribution < 1.29 is 17.9 Å². The monoisotopic (exact) mass is 412 g/mol. The maximum Gasteiger partial charge on any atom is 0.244 e. The standard InChI is InChI=1S/C22H24N2O4S/c1-16-6-8-17(9-7-16)22-19-5-4-12-23(19)13-14-24(22)29(25,26)18-10-11-20(27-2)21(15-18)28-3/h4-12,15,22H,13-14H2,1-3H3. The van der Waals surface area contributed by atoms with Gasteiger partial charge in [-0.25, -0.2) is 8.42 Å². The Kier molecular flexibility index (Phi) is 5.10. The van der Waals surface area contributed by atoms with E-state index in [1.807, 2.05) is 49.5 Å². The summed E-state index contributed by atoms with van der Waals surface area (Å²) in [5.74, 6) is 0.884. The average Bonchev–Trinajstić information content (AvgIpc) is 3.22. The molecule has 1 atom stereocenters. The van der Waals surface area contributed by atoms with Gasteiger partial charge in [-0.3, -0.25) is 0 Å². The van der Waals surface area contributed by atoms with E-state index in [0.717, 1.165) is 16.8 Å². The average molecular weight is 413 g/mol. The van der Waals surface area contributed by atoms with Crippen molar-refractivity contribution in [3.8, 4) is 11.5 Å². The Balaban J connectivity index is 1.82. The summed E-state index contributed by atoms with van der Waals surface area (Å²) in [6.45, 7) is 3.01. The molecule has 4 rings (SSSR count). The van der Waals surface area contributed by atoms with Crippen molar-refractivity contribution in [1.82, 2.24) is 8.87 Å². The van der Waals surface area contributed by atoms with Crippen molar-refractivity contribution in [3.05, 3.63) is 77.6 Å². The SMILES string of the molecule is COc1ccc(S(=O)(=O)N2CCn3cccc3C2c2ccc(C)cc2)cc1OC. The Hall–Kier alpha value is -2.77. The second-order valence-corrected chi connectivity index (χ2v) is 8.96. The van der Waals surface area contributed by atoms with Crippen LogP contribution in [0.15, 0.2) is 65.7 Å². The van der Waals surface area contributed by atoms with E-state index in [4.69, 9.17) is 9.47 Å². The van der Waals surface area contributed by atoms with Crippen molar-refractivity contribution in [2.45, 2.75) is 24.4 Å². The van der Waals surface area contributed by atoms with Gasteiger partial charge in [0.2, 0.25) is 10.0 Å². The second-order valence-electron chi connectivity index (χ2n) is 7.07.